The van der Waals surface area contributed by atoms with Crippen LogP contribution in [0, 0.1) is 0 Å². The fraction of sp³-hybridized carbons (Fsp3) is 0.368. The van der Waals surface area contributed by atoms with Crippen molar-refractivity contribution in [3.05, 3.63) is 65.7 Å². The van der Waals surface area contributed by atoms with Crippen LogP contribution in [-0.4, -0.2) is 6.04 Å². The molecule has 2 aromatic carbocycles. The van der Waals surface area contributed by atoms with Crippen LogP contribution in [0.25, 0.3) is 0 Å². The van der Waals surface area contributed by atoms with Gasteiger partial charge in [-0.2, -0.15) is 0 Å². The van der Waals surface area contributed by atoms with Gasteiger partial charge in [0, 0.05) is 12.6 Å². The molecule has 0 heterocycles. The van der Waals surface area contributed by atoms with Gasteiger partial charge in [0.2, 0.25) is 0 Å². The summed E-state index contributed by atoms with van der Waals surface area (Å²) in [6.07, 6.45) is 5.42. The second kappa shape index (κ2) is 8.82. The third kappa shape index (κ3) is 5.04. The standard InChI is InChI=1S/C19H23NO.ClH/c1-2-6-17(7-3-1)15-21-19-12-10-16(11-13-19)14-20-18-8-4-5-9-18;/h1-3,6-7,10-13,18,20H,4-5,8-9,14-15H2;1H. The highest BCUT2D eigenvalue weighted by atomic mass is 35.5. The van der Waals surface area contributed by atoms with Crippen LogP contribution in [0.5, 0.6) is 5.75 Å². The predicted octanol–water partition coefficient (Wildman–Crippen LogP) is 4.72. The molecule has 2 nitrogen and oxygen atoms in total. The molecule has 0 aromatic heterocycles. The van der Waals surface area contributed by atoms with Crippen LogP contribution in [0.2, 0.25) is 0 Å². The highest BCUT2D eigenvalue weighted by Crippen LogP contribution is 2.19. The van der Waals surface area contributed by atoms with Gasteiger partial charge in [0.25, 0.3) is 0 Å². The normalized spacial score (nSPS) is 14.5. The van der Waals surface area contributed by atoms with Crippen molar-refractivity contribution in [3.8, 4) is 5.75 Å². The Morgan fingerprint density at radius 1 is 0.864 bits per heavy atom. The van der Waals surface area contributed by atoms with Crippen molar-refractivity contribution in [3.63, 3.8) is 0 Å². The second-order valence-electron chi connectivity index (χ2n) is 5.78. The molecule has 3 rings (SSSR count). The van der Waals surface area contributed by atoms with Crippen molar-refractivity contribution in [2.24, 2.45) is 0 Å². The van der Waals surface area contributed by atoms with Gasteiger partial charge in [-0.15, -0.1) is 12.4 Å². The van der Waals surface area contributed by atoms with E-state index in [9.17, 15) is 0 Å². The number of rotatable bonds is 6. The van der Waals surface area contributed by atoms with E-state index >= 15 is 0 Å². The monoisotopic (exact) mass is 317 g/mol. The lowest BCUT2D eigenvalue weighted by atomic mass is 10.2. The molecule has 0 aliphatic heterocycles. The summed E-state index contributed by atoms with van der Waals surface area (Å²) in [7, 11) is 0. The summed E-state index contributed by atoms with van der Waals surface area (Å²) >= 11 is 0. The predicted molar refractivity (Wildman–Crippen MR) is 93.6 cm³/mol. The highest BCUT2D eigenvalue weighted by molar-refractivity contribution is 5.85. The molecule has 1 fully saturated rings. The molecular weight excluding hydrogens is 294 g/mol. The third-order valence-corrected chi connectivity index (χ3v) is 4.12. The van der Waals surface area contributed by atoms with E-state index in [1.54, 1.807) is 0 Å². The molecule has 1 aliphatic rings. The van der Waals surface area contributed by atoms with E-state index in [4.69, 9.17) is 4.74 Å². The summed E-state index contributed by atoms with van der Waals surface area (Å²) in [5.74, 6) is 0.934. The lowest BCUT2D eigenvalue weighted by Crippen LogP contribution is -2.25. The molecule has 1 N–H and O–H groups in total. The van der Waals surface area contributed by atoms with Crippen LogP contribution in [0.3, 0.4) is 0 Å². The number of hydrogen-bond acceptors (Lipinski definition) is 2. The zero-order chi connectivity index (χ0) is 14.3. The molecule has 0 bridgehead atoms. The zero-order valence-electron chi connectivity index (χ0n) is 12.8. The van der Waals surface area contributed by atoms with Crippen LogP contribution in [-0.2, 0) is 13.2 Å². The van der Waals surface area contributed by atoms with E-state index in [0.717, 1.165) is 18.3 Å². The second-order valence-corrected chi connectivity index (χ2v) is 5.78. The SMILES string of the molecule is Cl.c1ccc(COc2ccc(CNC3CCCC3)cc2)cc1. The largest absolute Gasteiger partial charge is 0.489 e. The molecule has 0 spiro atoms. The Hall–Kier alpha value is -1.51. The van der Waals surface area contributed by atoms with Crippen molar-refractivity contribution < 1.29 is 4.74 Å². The molecule has 22 heavy (non-hydrogen) atoms. The first-order valence-electron chi connectivity index (χ1n) is 7.89. The highest BCUT2D eigenvalue weighted by Gasteiger charge is 2.13. The van der Waals surface area contributed by atoms with Gasteiger partial charge < -0.3 is 10.1 Å². The summed E-state index contributed by atoms with van der Waals surface area (Å²) in [6.45, 7) is 1.59. The molecule has 0 atom stereocenters. The number of hydrogen-bond donors (Lipinski definition) is 1. The number of benzene rings is 2. The van der Waals surface area contributed by atoms with Crippen molar-refractivity contribution in [1.29, 1.82) is 0 Å². The molecule has 2 aromatic rings. The number of halogens is 1. The Balaban J connectivity index is 0.00000176. The molecule has 0 amide bonds. The van der Waals surface area contributed by atoms with Gasteiger partial charge in [0.1, 0.15) is 12.4 Å². The maximum Gasteiger partial charge on any atom is 0.119 e. The minimum Gasteiger partial charge on any atom is -0.489 e. The number of nitrogens with one attached hydrogen (secondary N) is 1. The minimum absolute atomic E-state index is 0. The summed E-state index contributed by atoms with van der Waals surface area (Å²) in [5.41, 5.74) is 2.53. The van der Waals surface area contributed by atoms with Crippen LogP contribution in [0.4, 0.5) is 0 Å². The number of ether oxygens (including phenoxy) is 1. The molecule has 0 radical (unpaired) electrons. The van der Waals surface area contributed by atoms with E-state index in [1.165, 1.54) is 36.8 Å². The van der Waals surface area contributed by atoms with E-state index in [2.05, 4.69) is 41.7 Å². The van der Waals surface area contributed by atoms with E-state index in [0.29, 0.717) is 6.61 Å². The van der Waals surface area contributed by atoms with E-state index < -0.39 is 0 Å². The quantitative estimate of drug-likeness (QED) is 0.832. The van der Waals surface area contributed by atoms with Crippen molar-refractivity contribution in [1.82, 2.24) is 5.32 Å². The van der Waals surface area contributed by atoms with Gasteiger partial charge in [-0.05, 0) is 36.1 Å². The fourth-order valence-electron chi connectivity index (χ4n) is 2.84. The Labute approximate surface area is 139 Å². The molecule has 1 aliphatic carbocycles. The lowest BCUT2D eigenvalue weighted by molar-refractivity contribution is 0.306. The van der Waals surface area contributed by atoms with E-state index in [-0.39, 0.29) is 12.4 Å². The van der Waals surface area contributed by atoms with Crippen molar-refractivity contribution >= 4 is 12.4 Å². The van der Waals surface area contributed by atoms with Gasteiger partial charge in [0.05, 0.1) is 0 Å². The Morgan fingerprint density at radius 3 is 2.23 bits per heavy atom. The summed E-state index contributed by atoms with van der Waals surface area (Å²) < 4.78 is 5.80. The summed E-state index contributed by atoms with van der Waals surface area (Å²) in [5, 5.41) is 3.63. The maximum atomic E-state index is 5.80. The smallest absolute Gasteiger partial charge is 0.119 e. The molecule has 3 heteroatoms. The first-order chi connectivity index (χ1) is 10.4. The van der Waals surface area contributed by atoms with Crippen LogP contribution in [0.15, 0.2) is 54.6 Å². The molecule has 0 saturated heterocycles. The van der Waals surface area contributed by atoms with Crippen LogP contribution >= 0.6 is 12.4 Å². The zero-order valence-corrected chi connectivity index (χ0v) is 13.6. The first-order valence-corrected chi connectivity index (χ1v) is 7.89. The summed E-state index contributed by atoms with van der Waals surface area (Å²) in [4.78, 5) is 0. The third-order valence-electron chi connectivity index (χ3n) is 4.12. The van der Waals surface area contributed by atoms with Gasteiger partial charge in [-0.3, -0.25) is 0 Å². The van der Waals surface area contributed by atoms with Crippen molar-refractivity contribution in [2.45, 2.75) is 44.9 Å². The van der Waals surface area contributed by atoms with Gasteiger partial charge in [0.15, 0.2) is 0 Å². The van der Waals surface area contributed by atoms with Crippen molar-refractivity contribution in [2.75, 3.05) is 0 Å². The lowest BCUT2D eigenvalue weighted by Gasteiger charge is -2.12. The average Bonchev–Trinajstić information content (AvgIpc) is 3.06. The van der Waals surface area contributed by atoms with Crippen LogP contribution < -0.4 is 10.1 Å². The average molecular weight is 318 g/mol. The Bertz CT molecular complexity index is 535. The molecule has 118 valence electrons. The molecule has 0 unspecified atom stereocenters. The maximum absolute atomic E-state index is 5.80. The first kappa shape index (κ1) is 16.9. The molecule has 1 saturated carbocycles. The van der Waals surface area contributed by atoms with Gasteiger partial charge in [-0.25, -0.2) is 0 Å². The summed E-state index contributed by atoms with van der Waals surface area (Å²) in [6, 6.07) is 19.4. The minimum atomic E-state index is 0. The van der Waals surface area contributed by atoms with Crippen LogP contribution in [0.1, 0.15) is 36.8 Å². The van der Waals surface area contributed by atoms with Gasteiger partial charge in [-0.1, -0.05) is 55.3 Å². The molecular formula is C19H24ClNO. The van der Waals surface area contributed by atoms with E-state index in [1.807, 2.05) is 18.2 Å². The Morgan fingerprint density at radius 2 is 1.55 bits per heavy atom. The topological polar surface area (TPSA) is 21.3 Å². The van der Waals surface area contributed by atoms with Gasteiger partial charge >= 0.3 is 0 Å². The Kier molecular flexibility index (Phi) is 6.75. The fourth-order valence-corrected chi connectivity index (χ4v) is 2.84.